The van der Waals surface area contributed by atoms with E-state index in [0.717, 1.165) is 5.69 Å². The number of halogens is 1. The van der Waals surface area contributed by atoms with Crippen LogP contribution >= 0.6 is 11.6 Å². The summed E-state index contributed by atoms with van der Waals surface area (Å²) >= 11 is 5.80. The maximum absolute atomic E-state index is 5.80. The van der Waals surface area contributed by atoms with E-state index in [-0.39, 0.29) is 5.54 Å². The van der Waals surface area contributed by atoms with Crippen LogP contribution in [0.2, 0.25) is 5.15 Å². The zero-order valence-electron chi connectivity index (χ0n) is 8.50. The third kappa shape index (κ3) is 2.59. The Morgan fingerprint density at radius 1 is 1.38 bits per heavy atom. The molecule has 0 radical (unpaired) electrons. The van der Waals surface area contributed by atoms with E-state index < -0.39 is 0 Å². The Bertz CT molecular complexity index is 291. The predicted octanol–water partition coefficient (Wildman–Crippen LogP) is 2.97. The molecule has 0 aliphatic rings. The Labute approximate surface area is 84.5 Å². The van der Waals surface area contributed by atoms with E-state index in [2.05, 4.69) is 30.7 Å². The van der Waals surface area contributed by atoms with E-state index in [1.165, 1.54) is 0 Å². The molecule has 1 aromatic rings. The van der Waals surface area contributed by atoms with Crippen molar-refractivity contribution < 1.29 is 0 Å². The van der Waals surface area contributed by atoms with Gasteiger partial charge in [0.15, 0.2) is 0 Å². The zero-order valence-corrected chi connectivity index (χ0v) is 9.26. The van der Waals surface area contributed by atoms with Crippen molar-refractivity contribution in [3.05, 3.63) is 23.5 Å². The summed E-state index contributed by atoms with van der Waals surface area (Å²) in [6.07, 6.45) is 1.72. The van der Waals surface area contributed by atoms with Gasteiger partial charge in [0, 0.05) is 24.5 Å². The van der Waals surface area contributed by atoms with Crippen molar-refractivity contribution in [3.63, 3.8) is 0 Å². The third-order valence-corrected chi connectivity index (χ3v) is 2.31. The molecule has 3 heteroatoms. The molecule has 0 aliphatic heterocycles. The first-order chi connectivity index (χ1) is 5.91. The second-order valence-corrected chi connectivity index (χ2v) is 4.45. The van der Waals surface area contributed by atoms with Crippen molar-refractivity contribution in [2.24, 2.45) is 0 Å². The molecular formula is C10H15ClN2. The second-order valence-electron chi connectivity index (χ2n) is 4.07. The summed E-state index contributed by atoms with van der Waals surface area (Å²) in [6.45, 7) is 6.46. The molecule has 1 aromatic heterocycles. The Morgan fingerprint density at radius 3 is 2.46 bits per heavy atom. The predicted molar refractivity (Wildman–Crippen MR) is 57.4 cm³/mol. The van der Waals surface area contributed by atoms with E-state index in [1.807, 2.05) is 19.2 Å². The fourth-order valence-corrected chi connectivity index (χ4v) is 1.16. The van der Waals surface area contributed by atoms with Crippen LogP contribution in [0.15, 0.2) is 18.3 Å². The molecule has 13 heavy (non-hydrogen) atoms. The molecule has 0 bridgehead atoms. The topological polar surface area (TPSA) is 16.1 Å². The molecule has 1 heterocycles. The lowest BCUT2D eigenvalue weighted by molar-refractivity contribution is 0.538. The number of hydrogen-bond acceptors (Lipinski definition) is 2. The summed E-state index contributed by atoms with van der Waals surface area (Å²) in [5.74, 6) is 0. The summed E-state index contributed by atoms with van der Waals surface area (Å²) in [5.41, 5.74) is 1.19. The monoisotopic (exact) mass is 198 g/mol. The fraction of sp³-hybridized carbons (Fsp3) is 0.500. The highest BCUT2D eigenvalue weighted by Crippen LogP contribution is 2.22. The van der Waals surface area contributed by atoms with Gasteiger partial charge in [-0.3, -0.25) is 0 Å². The summed E-state index contributed by atoms with van der Waals surface area (Å²) in [6, 6.07) is 3.82. The van der Waals surface area contributed by atoms with Crippen molar-refractivity contribution in [1.29, 1.82) is 0 Å². The standard InChI is InChI=1S/C10H15ClN2/c1-10(2,3)13(4)8-5-6-12-9(11)7-8/h5-7H,1-4H3. The largest absolute Gasteiger partial charge is 0.370 e. The van der Waals surface area contributed by atoms with E-state index >= 15 is 0 Å². The van der Waals surface area contributed by atoms with Gasteiger partial charge in [-0.2, -0.15) is 0 Å². The SMILES string of the molecule is CN(c1ccnc(Cl)c1)C(C)(C)C. The van der Waals surface area contributed by atoms with Gasteiger partial charge < -0.3 is 4.90 Å². The first-order valence-corrected chi connectivity index (χ1v) is 4.64. The highest BCUT2D eigenvalue weighted by Gasteiger charge is 2.17. The first kappa shape index (κ1) is 10.3. The van der Waals surface area contributed by atoms with Crippen LogP contribution in [0.5, 0.6) is 0 Å². The van der Waals surface area contributed by atoms with E-state index in [1.54, 1.807) is 6.20 Å². The molecule has 0 atom stereocenters. The molecule has 0 saturated heterocycles. The summed E-state index contributed by atoms with van der Waals surface area (Å²) in [5, 5.41) is 0.536. The van der Waals surface area contributed by atoms with Crippen LogP contribution in [0.3, 0.4) is 0 Å². The zero-order chi connectivity index (χ0) is 10.1. The lowest BCUT2D eigenvalue weighted by Crippen LogP contribution is -2.37. The van der Waals surface area contributed by atoms with E-state index in [4.69, 9.17) is 11.6 Å². The van der Waals surface area contributed by atoms with Gasteiger partial charge in [-0.05, 0) is 32.9 Å². The van der Waals surface area contributed by atoms with Crippen molar-refractivity contribution in [3.8, 4) is 0 Å². The minimum atomic E-state index is 0.102. The molecule has 0 amide bonds. The average Bonchev–Trinajstić information content (AvgIpc) is 2.01. The van der Waals surface area contributed by atoms with Gasteiger partial charge >= 0.3 is 0 Å². The summed E-state index contributed by atoms with van der Waals surface area (Å²) in [4.78, 5) is 6.11. The highest BCUT2D eigenvalue weighted by molar-refractivity contribution is 6.29. The van der Waals surface area contributed by atoms with Crippen LogP contribution < -0.4 is 4.90 Å². The molecule has 0 saturated carbocycles. The molecule has 0 fully saturated rings. The van der Waals surface area contributed by atoms with Gasteiger partial charge in [0.25, 0.3) is 0 Å². The Morgan fingerprint density at radius 2 is 2.00 bits per heavy atom. The first-order valence-electron chi connectivity index (χ1n) is 4.26. The number of nitrogens with zero attached hydrogens (tertiary/aromatic N) is 2. The molecule has 0 N–H and O–H groups in total. The maximum Gasteiger partial charge on any atom is 0.131 e. The van der Waals surface area contributed by atoms with Gasteiger partial charge in [-0.15, -0.1) is 0 Å². The number of rotatable bonds is 1. The van der Waals surface area contributed by atoms with Gasteiger partial charge in [-0.1, -0.05) is 11.6 Å². The smallest absolute Gasteiger partial charge is 0.131 e. The molecule has 2 nitrogen and oxygen atoms in total. The Kier molecular flexibility index (Phi) is 2.81. The number of pyridine rings is 1. The van der Waals surface area contributed by atoms with Gasteiger partial charge in [0.2, 0.25) is 0 Å². The maximum atomic E-state index is 5.80. The summed E-state index contributed by atoms with van der Waals surface area (Å²) < 4.78 is 0. The molecule has 0 spiro atoms. The molecule has 72 valence electrons. The molecule has 0 unspecified atom stereocenters. The van der Waals surface area contributed by atoms with Crippen molar-refractivity contribution in [2.75, 3.05) is 11.9 Å². The summed E-state index contributed by atoms with van der Waals surface area (Å²) in [7, 11) is 2.05. The fourth-order valence-electron chi connectivity index (χ4n) is 0.988. The number of aromatic nitrogens is 1. The van der Waals surface area contributed by atoms with Crippen molar-refractivity contribution >= 4 is 17.3 Å². The van der Waals surface area contributed by atoms with Crippen LogP contribution in [-0.4, -0.2) is 17.6 Å². The van der Waals surface area contributed by atoms with E-state index in [9.17, 15) is 0 Å². The van der Waals surface area contributed by atoms with Gasteiger partial charge in [0.1, 0.15) is 5.15 Å². The third-order valence-electron chi connectivity index (χ3n) is 2.10. The van der Waals surface area contributed by atoms with E-state index in [0.29, 0.717) is 5.15 Å². The Balaban J connectivity index is 2.96. The Hall–Kier alpha value is -0.760. The minimum Gasteiger partial charge on any atom is -0.370 e. The molecule has 0 aliphatic carbocycles. The second kappa shape index (κ2) is 3.54. The van der Waals surface area contributed by atoms with Crippen LogP contribution in [0.1, 0.15) is 20.8 Å². The molecule has 1 rings (SSSR count). The molecule has 0 aromatic carbocycles. The lowest BCUT2D eigenvalue weighted by atomic mass is 10.1. The number of hydrogen-bond donors (Lipinski definition) is 0. The van der Waals surface area contributed by atoms with Crippen LogP contribution in [0.25, 0.3) is 0 Å². The quantitative estimate of drug-likeness (QED) is 0.645. The van der Waals surface area contributed by atoms with Gasteiger partial charge in [-0.25, -0.2) is 4.98 Å². The molecular weight excluding hydrogens is 184 g/mol. The lowest BCUT2D eigenvalue weighted by Gasteiger charge is -2.34. The van der Waals surface area contributed by atoms with Crippen LogP contribution in [0.4, 0.5) is 5.69 Å². The number of anilines is 1. The normalized spacial score (nSPS) is 11.5. The van der Waals surface area contributed by atoms with Crippen LogP contribution in [-0.2, 0) is 0 Å². The van der Waals surface area contributed by atoms with Crippen molar-refractivity contribution in [1.82, 2.24) is 4.98 Å². The van der Waals surface area contributed by atoms with Crippen LogP contribution in [0, 0.1) is 0 Å². The average molecular weight is 199 g/mol. The highest BCUT2D eigenvalue weighted by atomic mass is 35.5. The minimum absolute atomic E-state index is 0.102. The van der Waals surface area contributed by atoms with Gasteiger partial charge in [0.05, 0.1) is 0 Å². The van der Waals surface area contributed by atoms with Crippen molar-refractivity contribution in [2.45, 2.75) is 26.3 Å².